The molecule has 0 aromatic carbocycles. The zero-order chi connectivity index (χ0) is 13.8. The molecule has 3 heterocycles. The average Bonchev–Trinajstić information content (AvgIpc) is 3.00. The van der Waals surface area contributed by atoms with Crippen LogP contribution in [0, 0.1) is 0 Å². The second-order valence-electron chi connectivity index (χ2n) is 5.38. The van der Waals surface area contributed by atoms with Crippen molar-refractivity contribution in [1.82, 2.24) is 19.9 Å². The summed E-state index contributed by atoms with van der Waals surface area (Å²) in [5, 5.41) is 3.12. The number of aromatic amines is 1. The molecule has 106 valence electrons. The Labute approximate surface area is 119 Å². The van der Waals surface area contributed by atoms with E-state index in [9.17, 15) is 0 Å². The fraction of sp³-hybridized carbons (Fsp3) is 0.467. The predicted molar refractivity (Wildman–Crippen MR) is 79.6 cm³/mol. The van der Waals surface area contributed by atoms with E-state index in [0.29, 0.717) is 5.92 Å². The smallest absolute Gasteiger partial charge is 0.125 e. The third-order valence-electron chi connectivity index (χ3n) is 3.97. The minimum Gasteiger partial charge on any atom is -0.373 e. The quantitative estimate of drug-likeness (QED) is 0.895. The molecule has 5 heteroatoms. The van der Waals surface area contributed by atoms with Crippen LogP contribution in [0.25, 0.3) is 0 Å². The molecule has 0 aliphatic carbocycles. The summed E-state index contributed by atoms with van der Waals surface area (Å²) in [6.45, 7) is 3.23. The molecule has 1 fully saturated rings. The Bertz CT molecular complexity index is 537. The lowest BCUT2D eigenvalue weighted by molar-refractivity contribution is 0.198. The van der Waals surface area contributed by atoms with E-state index >= 15 is 0 Å². The molecule has 5 nitrogen and oxygen atoms in total. The first-order valence-corrected chi connectivity index (χ1v) is 7.18. The summed E-state index contributed by atoms with van der Waals surface area (Å²) < 4.78 is 0. The molecule has 0 amide bonds. The summed E-state index contributed by atoms with van der Waals surface area (Å²) in [6.07, 6.45) is 8.06. The lowest BCUT2D eigenvalue weighted by Crippen LogP contribution is -2.34. The van der Waals surface area contributed by atoms with E-state index in [4.69, 9.17) is 0 Å². The van der Waals surface area contributed by atoms with Crippen LogP contribution in [-0.2, 0) is 6.54 Å². The van der Waals surface area contributed by atoms with Crippen molar-refractivity contribution >= 4 is 5.82 Å². The minimum atomic E-state index is 0.599. The largest absolute Gasteiger partial charge is 0.373 e. The zero-order valence-corrected chi connectivity index (χ0v) is 11.8. The summed E-state index contributed by atoms with van der Waals surface area (Å²) in [7, 11) is 1.91. The molecule has 0 bridgehead atoms. The summed E-state index contributed by atoms with van der Waals surface area (Å²) in [6, 6.07) is 4.32. The number of H-pyrrole nitrogens is 1. The highest BCUT2D eigenvalue weighted by atomic mass is 15.1. The Kier molecular flexibility index (Phi) is 3.97. The van der Waals surface area contributed by atoms with E-state index < -0.39 is 0 Å². The molecule has 1 aliphatic heterocycles. The Morgan fingerprint density at radius 3 is 3.25 bits per heavy atom. The van der Waals surface area contributed by atoms with Crippen molar-refractivity contribution in [2.45, 2.75) is 25.3 Å². The SMILES string of the molecule is CNc1cc([C@H]2CCCN(Cc3cnc[nH]3)C2)ccn1. The number of aromatic nitrogens is 3. The molecule has 3 rings (SSSR count). The molecule has 0 radical (unpaired) electrons. The van der Waals surface area contributed by atoms with E-state index in [1.54, 1.807) is 6.33 Å². The first-order valence-electron chi connectivity index (χ1n) is 7.18. The lowest BCUT2D eigenvalue weighted by Gasteiger charge is -2.32. The minimum absolute atomic E-state index is 0.599. The Hall–Kier alpha value is -1.88. The number of nitrogens with one attached hydrogen (secondary N) is 2. The molecule has 2 N–H and O–H groups in total. The van der Waals surface area contributed by atoms with Gasteiger partial charge in [0.1, 0.15) is 5.82 Å². The van der Waals surface area contributed by atoms with Gasteiger partial charge >= 0.3 is 0 Å². The van der Waals surface area contributed by atoms with Crippen molar-refractivity contribution in [2.75, 3.05) is 25.5 Å². The Morgan fingerprint density at radius 1 is 1.50 bits per heavy atom. The highest BCUT2D eigenvalue weighted by Gasteiger charge is 2.21. The van der Waals surface area contributed by atoms with Crippen LogP contribution in [0.2, 0.25) is 0 Å². The van der Waals surface area contributed by atoms with E-state index in [1.165, 1.54) is 30.6 Å². The van der Waals surface area contributed by atoms with Gasteiger partial charge in [-0.05, 0) is 43.0 Å². The van der Waals surface area contributed by atoms with Crippen molar-refractivity contribution < 1.29 is 0 Å². The number of hydrogen-bond acceptors (Lipinski definition) is 4. The summed E-state index contributed by atoms with van der Waals surface area (Å²) >= 11 is 0. The summed E-state index contributed by atoms with van der Waals surface area (Å²) in [4.78, 5) is 14.1. The van der Waals surface area contributed by atoms with Crippen molar-refractivity contribution in [3.05, 3.63) is 42.1 Å². The molecule has 1 aliphatic rings. The van der Waals surface area contributed by atoms with Crippen molar-refractivity contribution in [1.29, 1.82) is 0 Å². The second kappa shape index (κ2) is 6.05. The van der Waals surface area contributed by atoms with Gasteiger partial charge in [0, 0.05) is 38.2 Å². The fourth-order valence-electron chi connectivity index (χ4n) is 2.92. The number of piperidine rings is 1. The van der Waals surface area contributed by atoms with Gasteiger partial charge in [0.05, 0.1) is 6.33 Å². The van der Waals surface area contributed by atoms with Gasteiger partial charge in [-0.25, -0.2) is 9.97 Å². The van der Waals surface area contributed by atoms with Crippen LogP contribution in [-0.4, -0.2) is 40.0 Å². The van der Waals surface area contributed by atoms with Crippen LogP contribution in [0.4, 0.5) is 5.82 Å². The maximum atomic E-state index is 4.29. The maximum Gasteiger partial charge on any atom is 0.125 e. The van der Waals surface area contributed by atoms with Crippen LogP contribution in [0.15, 0.2) is 30.9 Å². The average molecular weight is 271 g/mol. The van der Waals surface area contributed by atoms with Crippen molar-refractivity contribution in [3.63, 3.8) is 0 Å². The van der Waals surface area contributed by atoms with E-state index in [-0.39, 0.29) is 0 Å². The van der Waals surface area contributed by atoms with E-state index in [0.717, 1.165) is 18.9 Å². The number of anilines is 1. The van der Waals surface area contributed by atoms with Gasteiger partial charge in [-0.2, -0.15) is 0 Å². The van der Waals surface area contributed by atoms with Crippen LogP contribution >= 0.6 is 0 Å². The highest BCUT2D eigenvalue weighted by Crippen LogP contribution is 2.28. The monoisotopic (exact) mass is 271 g/mol. The van der Waals surface area contributed by atoms with Gasteiger partial charge in [-0.15, -0.1) is 0 Å². The van der Waals surface area contributed by atoms with Gasteiger partial charge in [-0.3, -0.25) is 4.90 Å². The molecule has 1 atom stereocenters. The molecule has 2 aromatic heterocycles. The number of nitrogens with zero attached hydrogens (tertiary/aromatic N) is 3. The van der Waals surface area contributed by atoms with Gasteiger partial charge in [0.15, 0.2) is 0 Å². The van der Waals surface area contributed by atoms with E-state index in [1.807, 2.05) is 19.4 Å². The number of likely N-dealkylation sites (tertiary alicyclic amines) is 1. The number of hydrogen-bond donors (Lipinski definition) is 2. The van der Waals surface area contributed by atoms with Crippen LogP contribution in [0.1, 0.15) is 30.0 Å². The number of rotatable bonds is 4. The first-order chi connectivity index (χ1) is 9.85. The van der Waals surface area contributed by atoms with Crippen LogP contribution in [0.3, 0.4) is 0 Å². The standard InChI is InChI=1S/C15H21N5/c1-16-15-7-12(4-5-18-15)13-3-2-6-20(9-13)10-14-8-17-11-19-14/h4-5,7-8,11,13H,2-3,6,9-10H2,1H3,(H,16,18)(H,17,19)/t13-/m0/s1. The summed E-state index contributed by atoms with van der Waals surface area (Å²) in [5.74, 6) is 1.55. The molecule has 20 heavy (non-hydrogen) atoms. The van der Waals surface area contributed by atoms with Gasteiger partial charge in [-0.1, -0.05) is 0 Å². The molecule has 0 spiro atoms. The van der Waals surface area contributed by atoms with E-state index in [2.05, 4.69) is 37.3 Å². The van der Waals surface area contributed by atoms with Gasteiger partial charge in [0.25, 0.3) is 0 Å². The molecular formula is C15H21N5. The lowest BCUT2D eigenvalue weighted by atomic mass is 9.91. The maximum absolute atomic E-state index is 4.29. The third kappa shape index (κ3) is 2.99. The molecule has 2 aromatic rings. The second-order valence-corrected chi connectivity index (χ2v) is 5.38. The fourth-order valence-corrected chi connectivity index (χ4v) is 2.92. The molecule has 1 saturated heterocycles. The highest BCUT2D eigenvalue weighted by molar-refractivity contribution is 5.38. The normalized spacial score (nSPS) is 19.9. The number of imidazole rings is 1. The first kappa shape index (κ1) is 13.1. The van der Waals surface area contributed by atoms with Gasteiger partial charge in [0.2, 0.25) is 0 Å². The third-order valence-corrected chi connectivity index (χ3v) is 3.97. The van der Waals surface area contributed by atoms with Crippen molar-refractivity contribution in [2.24, 2.45) is 0 Å². The molecule has 0 unspecified atom stereocenters. The molecule has 0 saturated carbocycles. The Morgan fingerprint density at radius 2 is 2.45 bits per heavy atom. The van der Waals surface area contributed by atoms with Crippen LogP contribution < -0.4 is 5.32 Å². The predicted octanol–water partition coefficient (Wildman–Crippen LogP) is 2.23. The topological polar surface area (TPSA) is 56.8 Å². The zero-order valence-electron chi connectivity index (χ0n) is 11.8. The van der Waals surface area contributed by atoms with Gasteiger partial charge < -0.3 is 10.3 Å². The number of pyridine rings is 1. The summed E-state index contributed by atoms with van der Waals surface area (Å²) in [5.41, 5.74) is 2.58. The Balaban J connectivity index is 1.68. The van der Waals surface area contributed by atoms with Crippen LogP contribution in [0.5, 0.6) is 0 Å². The van der Waals surface area contributed by atoms with Crippen molar-refractivity contribution in [3.8, 4) is 0 Å². The molecular weight excluding hydrogens is 250 g/mol.